The lowest BCUT2D eigenvalue weighted by molar-refractivity contribution is 0.292. The fourth-order valence-electron chi connectivity index (χ4n) is 2.33. The van der Waals surface area contributed by atoms with Crippen LogP contribution in [0.5, 0.6) is 5.75 Å². The molecule has 0 amide bonds. The van der Waals surface area contributed by atoms with E-state index in [2.05, 4.69) is 9.97 Å². The van der Waals surface area contributed by atoms with Crippen LogP contribution in [0, 0.1) is 25.4 Å². The van der Waals surface area contributed by atoms with Crippen molar-refractivity contribution >= 4 is 23.2 Å². The van der Waals surface area contributed by atoms with Crippen LogP contribution in [-0.2, 0) is 6.61 Å². The Bertz CT molecular complexity index is 1190. The summed E-state index contributed by atoms with van der Waals surface area (Å²) in [5.74, 6) is -2.11. The highest BCUT2D eigenvalue weighted by molar-refractivity contribution is 6.32. The maximum absolute atomic E-state index is 13.8. The highest BCUT2D eigenvalue weighted by Crippen LogP contribution is 2.26. The van der Waals surface area contributed by atoms with Crippen molar-refractivity contribution in [1.29, 1.82) is 0 Å². The van der Waals surface area contributed by atoms with Gasteiger partial charge in [-0.15, -0.1) is 0 Å². The summed E-state index contributed by atoms with van der Waals surface area (Å²) in [6.45, 7) is -1.62. The summed E-state index contributed by atoms with van der Waals surface area (Å²) in [4.78, 5) is 20.4. The van der Waals surface area contributed by atoms with E-state index in [1.165, 1.54) is 12.3 Å². The Kier molecular flexibility index (Phi) is 4.38. The molecule has 0 saturated heterocycles. The van der Waals surface area contributed by atoms with Gasteiger partial charge in [0.1, 0.15) is 34.0 Å². The fourth-order valence-corrected chi connectivity index (χ4v) is 2.68. The number of nitrogens with zero attached hydrogens (tertiary/aromatic N) is 3. The molecule has 0 aliphatic carbocycles. The molecule has 0 aromatic carbocycles. The first-order valence-electron chi connectivity index (χ1n) is 9.00. The second kappa shape index (κ2) is 7.62. The Morgan fingerprint density at radius 3 is 2.70 bits per heavy atom. The molecule has 0 aliphatic rings. The van der Waals surface area contributed by atoms with Gasteiger partial charge in [-0.2, -0.15) is 0 Å². The van der Waals surface area contributed by atoms with Crippen LogP contribution in [0.2, 0.25) is 10.2 Å². The predicted octanol–water partition coefficient (Wildman–Crippen LogP) is 4.41. The molecular formula is C18H13Cl2F2N3O2. The summed E-state index contributed by atoms with van der Waals surface area (Å²) >= 11 is 12.0. The molecular weight excluding hydrogens is 399 g/mol. The average Bonchev–Trinajstić information content (AvgIpc) is 2.65. The molecule has 0 atom stereocenters. The molecule has 3 heterocycles. The third-order valence-electron chi connectivity index (χ3n) is 3.65. The van der Waals surface area contributed by atoms with E-state index in [4.69, 9.17) is 32.1 Å². The Balaban J connectivity index is 2.12. The van der Waals surface area contributed by atoms with Crippen molar-refractivity contribution < 1.29 is 17.6 Å². The van der Waals surface area contributed by atoms with Crippen LogP contribution < -0.4 is 10.3 Å². The minimum absolute atomic E-state index is 0.0494. The molecule has 0 radical (unpaired) electrons. The summed E-state index contributed by atoms with van der Waals surface area (Å²) in [5.41, 5.74) is -0.855. The van der Waals surface area contributed by atoms with Gasteiger partial charge in [0.2, 0.25) is 0 Å². The first-order valence-corrected chi connectivity index (χ1v) is 8.26. The van der Waals surface area contributed by atoms with Gasteiger partial charge in [0.15, 0.2) is 5.82 Å². The van der Waals surface area contributed by atoms with Gasteiger partial charge in [-0.1, -0.05) is 23.2 Å². The molecule has 0 fully saturated rings. The van der Waals surface area contributed by atoms with Gasteiger partial charge in [0, 0.05) is 28.1 Å². The number of aryl methyl sites for hydroxylation is 2. The first-order chi connectivity index (χ1) is 14.0. The normalized spacial score (nSPS) is 13.0. The monoisotopic (exact) mass is 414 g/mol. The number of pyridine rings is 3. The van der Waals surface area contributed by atoms with Crippen LogP contribution >= 0.6 is 23.2 Å². The van der Waals surface area contributed by atoms with Crippen LogP contribution in [0.4, 0.5) is 8.78 Å². The van der Waals surface area contributed by atoms with Crippen molar-refractivity contribution in [2.75, 3.05) is 0 Å². The summed E-state index contributed by atoms with van der Waals surface area (Å²) in [6.07, 6.45) is 2.18. The van der Waals surface area contributed by atoms with E-state index in [1.807, 2.05) is 0 Å². The van der Waals surface area contributed by atoms with Crippen molar-refractivity contribution in [3.05, 3.63) is 79.7 Å². The smallest absolute Gasteiger partial charge is 0.277 e. The van der Waals surface area contributed by atoms with Crippen LogP contribution in [0.1, 0.15) is 21.1 Å². The standard InChI is InChI=1S/C18H13Cl2F2N3O2/c1-9-6-24-16(19)5-14(9)25-10(2)3-15(17(20)18(25)26)27-8-13-12(22)4-11(21)7-23-13/h3-7H,8H2,1-2H3/i2D3. The zero-order valence-electron chi connectivity index (χ0n) is 16.8. The Labute approximate surface area is 167 Å². The van der Waals surface area contributed by atoms with Crippen molar-refractivity contribution in [3.8, 4) is 11.4 Å². The van der Waals surface area contributed by atoms with Crippen molar-refractivity contribution in [1.82, 2.24) is 14.5 Å². The van der Waals surface area contributed by atoms with E-state index >= 15 is 0 Å². The Morgan fingerprint density at radius 1 is 1.22 bits per heavy atom. The summed E-state index contributed by atoms with van der Waals surface area (Å²) < 4.78 is 56.5. The zero-order chi connectivity index (χ0) is 22.2. The van der Waals surface area contributed by atoms with Gasteiger partial charge in [-0.3, -0.25) is 14.3 Å². The molecule has 3 aromatic rings. The van der Waals surface area contributed by atoms with Gasteiger partial charge < -0.3 is 4.74 Å². The van der Waals surface area contributed by atoms with E-state index in [0.717, 1.165) is 16.8 Å². The van der Waals surface area contributed by atoms with Crippen molar-refractivity contribution in [2.45, 2.75) is 20.4 Å². The van der Waals surface area contributed by atoms with Crippen LogP contribution in [0.3, 0.4) is 0 Å². The maximum atomic E-state index is 13.8. The van der Waals surface area contributed by atoms with E-state index in [0.29, 0.717) is 11.6 Å². The third-order valence-corrected chi connectivity index (χ3v) is 4.20. The largest absolute Gasteiger partial charge is 0.485 e. The van der Waals surface area contributed by atoms with E-state index in [-0.39, 0.29) is 22.3 Å². The summed E-state index contributed by atoms with van der Waals surface area (Å²) in [6, 6.07) is 3.02. The minimum Gasteiger partial charge on any atom is -0.485 e. The first kappa shape index (κ1) is 15.5. The average molecular weight is 415 g/mol. The zero-order valence-corrected chi connectivity index (χ0v) is 15.3. The molecule has 27 heavy (non-hydrogen) atoms. The number of hydrogen-bond acceptors (Lipinski definition) is 4. The minimum atomic E-state index is -2.73. The highest BCUT2D eigenvalue weighted by Gasteiger charge is 2.16. The number of aromatic nitrogens is 3. The molecule has 0 spiro atoms. The molecule has 0 unspecified atom stereocenters. The van der Waals surface area contributed by atoms with E-state index < -0.39 is 41.4 Å². The maximum Gasteiger partial charge on any atom is 0.277 e. The number of hydrogen-bond donors (Lipinski definition) is 0. The molecule has 0 bridgehead atoms. The molecule has 3 aromatic heterocycles. The second-order valence-electron chi connectivity index (χ2n) is 5.51. The van der Waals surface area contributed by atoms with Gasteiger partial charge >= 0.3 is 0 Å². The van der Waals surface area contributed by atoms with Crippen LogP contribution in [-0.4, -0.2) is 14.5 Å². The summed E-state index contributed by atoms with van der Waals surface area (Å²) in [5, 5.41) is -0.383. The predicted molar refractivity (Wildman–Crippen MR) is 97.8 cm³/mol. The topological polar surface area (TPSA) is 57.0 Å². The molecule has 5 nitrogen and oxygen atoms in total. The number of rotatable bonds is 4. The molecule has 3 rings (SSSR count). The lowest BCUT2D eigenvalue weighted by Gasteiger charge is -2.16. The molecule has 0 saturated carbocycles. The lowest BCUT2D eigenvalue weighted by atomic mass is 10.2. The third kappa shape index (κ3) is 3.94. The molecule has 0 N–H and O–H groups in total. The second-order valence-corrected chi connectivity index (χ2v) is 6.28. The van der Waals surface area contributed by atoms with Crippen molar-refractivity contribution in [3.63, 3.8) is 0 Å². The summed E-state index contributed by atoms with van der Waals surface area (Å²) in [7, 11) is 0. The SMILES string of the molecule is [2H]C([2H])([2H])c1cc(OCc2ncc(F)cc2F)c(Cl)c(=O)n1-c1cc(Cl)ncc1C. The van der Waals surface area contributed by atoms with Gasteiger partial charge in [0.05, 0.1) is 11.9 Å². The number of ether oxygens (including phenoxy) is 1. The van der Waals surface area contributed by atoms with Crippen LogP contribution in [0.15, 0.2) is 35.4 Å². The number of halogens is 4. The lowest BCUT2D eigenvalue weighted by Crippen LogP contribution is -2.22. The molecule has 9 heteroatoms. The molecule has 0 aliphatic heterocycles. The fraction of sp³-hybridized carbons (Fsp3) is 0.167. The van der Waals surface area contributed by atoms with Gasteiger partial charge in [-0.25, -0.2) is 13.8 Å². The molecule has 140 valence electrons. The van der Waals surface area contributed by atoms with Crippen LogP contribution in [0.25, 0.3) is 5.69 Å². The Morgan fingerprint density at radius 2 is 2.00 bits per heavy atom. The van der Waals surface area contributed by atoms with Gasteiger partial charge in [0.25, 0.3) is 5.56 Å². The van der Waals surface area contributed by atoms with E-state index in [9.17, 15) is 13.6 Å². The van der Waals surface area contributed by atoms with Crippen molar-refractivity contribution in [2.24, 2.45) is 0 Å². The highest BCUT2D eigenvalue weighted by atomic mass is 35.5. The quantitative estimate of drug-likeness (QED) is 0.593. The Hall–Kier alpha value is -2.51. The van der Waals surface area contributed by atoms with Gasteiger partial charge in [-0.05, 0) is 25.4 Å². The van der Waals surface area contributed by atoms with E-state index in [1.54, 1.807) is 6.92 Å².